The van der Waals surface area contributed by atoms with Gasteiger partial charge in [-0.2, -0.15) is 0 Å². The van der Waals surface area contributed by atoms with Crippen LogP contribution < -0.4 is 4.74 Å². The van der Waals surface area contributed by atoms with Gasteiger partial charge in [-0.1, -0.05) is 44.9 Å². The van der Waals surface area contributed by atoms with Crippen LogP contribution >= 0.6 is 0 Å². The molecule has 0 aliphatic rings. The molecule has 98 valence electrons. The molecule has 0 spiro atoms. The number of hydrogen-bond donors (Lipinski definition) is 0. The first-order chi connectivity index (χ1) is 8.49. The van der Waals surface area contributed by atoms with Crippen molar-refractivity contribution in [3.05, 3.63) is 39.8 Å². The summed E-state index contributed by atoms with van der Waals surface area (Å²) >= 11 is 0. The van der Waals surface area contributed by atoms with Crippen LogP contribution in [0.1, 0.15) is 38.8 Å². The van der Waals surface area contributed by atoms with Crippen molar-refractivity contribution in [1.29, 1.82) is 0 Å². The van der Waals surface area contributed by atoms with E-state index in [1.165, 1.54) is 11.1 Å². The zero-order valence-electron chi connectivity index (χ0n) is 11.6. The fourth-order valence-electron chi connectivity index (χ4n) is 1.75. The Labute approximate surface area is 109 Å². The highest BCUT2D eigenvalue weighted by molar-refractivity contribution is 5.41. The van der Waals surface area contributed by atoms with E-state index in [0.29, 0.717) is 13.2 Å². The highest BCUT2D eigenvalue weighted by atomic mass is 16.5. The van der Waals surface area contributed by atoms with Crippen LogP contribution in [0, 0.1) is 0 Å². The van der Waals surface area contributed by atoms with Gasteiger partial charge in [-0.05, 0) is 34.6 Å². The molecule has 1 aromatic rings. The number of aryl methyl sites for hydroxylation is 1. The summed E-state index contributed by atoms with van der Waals surface area (Å²) in [6.07, 6.45) is 1.02. The second-order valence-corrected chi connectivity index (χ2v) is 5.24. The standard InChI is InChI=1S/C14H21N3O/c1-5-11-6-7-13(18-9-8-16-17-15)12(10-11)14(2,3)4/h6-7,10H,5,8-9H2,1-4H3. The van der Waals surface area contributed by atoms with Crippen molar-refractivity contribution in [3.8, 4) is 5.75 Å². The normalized spacial score (nSPS) is 10.9. The first kappa shape index (κ1) is 14.4. The maximum atomic E-state index is 8.22. The SMILES string of the molecule is CCc1ccc(OCCN=[N+]=[N-])c(C(C)(C)C)c1. The Kier molecular flexibility index (Phi) is 5.05. The minimum absolute atomic E-state index is 0.0407. The van der Waals surface area contributed by atoms with Crippen LogP contribution in [0.5, 0.6) is 5.75 Å². The summed E-state index contributed by atoms with van der Waals surface area (Å²) in [5.41, 5.74) is 10.8. The quantitative estimate of drug-likeness (QED) is 0.332. The number of azide groups is 1. The molecule has 1 aromatic carbocycles. The second-order valence-electron chi connectivity index (χ2n) is 5.24. The number of ether oxygens (including phenoxy) is 1. The van der Waals surface area contributed by atoms with Crippen LogP contribution in [0.25, 0.3) is 10.4 Å². The lowest BCUT2D eigenvalue weighted by Gasteiger charge is -2.23. The van der Waals surface area contributed by atoms with E-state index in [9.17, 15) is 0 Å². The maximum Gasteiger partial charge on any atom is 0.123 e. The molecule has 4 nitrogen and oxygen atoms in total. The summed E-state index contributed by atoms with van der Waals surface area (Å²) in [7, 11) is 0. The third kappa shape index (κ3) is 3.97. The Morgan fingerprint density at radius 3 is 2.61 bits per heavy atom. The lowest BCUT2D eigenvalue weighted by Crippen LogP contribution is -2.15. The van der Waals surface area contributed by atoms with Gasteiger partial charge >= 0.3 is 0 Å². The van der Waals surface area contributed by atoms with Crippen LogP contribution in [0.4, 0.5) is 0 Å². The molecule has 0 radical (unpaired) electrons. The van der Waals surface area contributed by atoms with Gasteiger partial charge < -0.3 is 4.74 Å². The summed E-state index contributed by atoms with van der Waals surface area (Å²) in [6, 6.07) is 6.29. The largest absolute Gasteiger partial charge is 0.493 e. The molecule has 0 saturated carbocycles. The molecule has 0 aliphatic carbocycles. The highest BCUT2D eigenvalue weighted by Gasteiger charge is 2.19. The van der Waals surface area contributed by atoms with Crippen LogP contribution in [-0.2, 0) is 11.8 Å². The number of nitrogens with zero attached hydrogens (tertiary/aromatic N) is 3. The lowest BCUT2D eigenvalue weighted by atomic mass is 9.85. The molecule has 0 N–H and O–H groups in total. The van der Waals surface area contributed by atoms with E-state index in [-0.39, 0.29) is 5.41 Å². The van der Waals surface area contributed by atoms with Crippen molar-refractivity contribution in [2.45, 2.75) is 39.5 Å². The first-order valence-corrected chi connectivity index (χ1v) is 6.26. The van der Waals surface area contributed by atoms with Gasteiger partial charge in [-0.15, -0.1) is 0 Å². The van der Waals surface area contributed by atoms with Gasteiger partial charge in [0.2, 0.25) is 0 Å². The monoisotopic (exact) mass is 247 g/mol. The number of benzene rings is 1. The molecule has 4 heteroatoms. The van der Waals surface area contributed by atoms with Crippen molar-refractivity contribution in [3.63, 3.8) is 0 Å². The lowest BCUT2D eigenvalue weighted by molar-refractivity contribution is 0.318. The third-order valence-corrected chi connectivity index (χ3v) is 2.77. The smallest absolute Gasteiger partial charge is 0.123 e. The van der Waals surface area contributed by atoms with Crippen LogP contribution in [0.2, 0.25) is 0 Å². The maximum absolute atomic E-state index is 8.22. The molecule has 0 fully saturated rings. The van der Waals surface area contributed by atoms with Gasteiger partial charge in [0.1, 0.15) is 5.75 Å². The first-order valence-electron chi connectivity index (χ1n) is 6.26. The summed E-state index contributed by atoms with van der Waals surface area (Å²) in [6.45, 7) is 9.42. The van der Waals surface area contributed by atoms with E-state index in [4.69, 9.17) is 10.3 Å². The molecular weight excluding hydrogens is 226 g/mol. The van der Waals surface area contributed by atoms with Gasteiger partial charge in [-0.3, -0.25) is 0 Å². The highest BCUT2D eigenvalue weighted by Crippen LogP contribution is 2.32. The van der Waals surface area contributed by atoms with Crippen molar-refractivity contribution in [2.75, 3.05) is 13.2 Å². The summed E-state index contributed by atoms with van der Waals surface area (Å²) in [5.74, 6) is 0.882. The molecule has 0 saturated heterocycles. The zero-order valence-corrected chi connectivity index (χ0v) is 11.6. The third-order valence-electron chi connectivity index (χ3n) is 2.77. The molecule has 0 unspecified atom stereocenters. The van der Waals surface area contributed by atoms with Gasteiger partial charge in [0.25, 0.3) is 0 Å². The van der Waals surface area contributed by atoms with Crippen molar-refractivity contribution in [1.82, 2.24) is 0 Å². The van der Waals surface area contributed by atoms with Crippen LogP contribution in [-0.4, -0.2) is 13.2 Å². The molecule has 0 aromatic heterocycles. The zero-order chi connectivity index (χ0) is 13.6. The van der Waals surface area contributed by atoms with Crippen molar-refractivity contribution < 1.29 is 4.74 Å². The predicted octanol–water partition coefficient (Wildman–Crippen LogP) is 4.24. The molecule has 1 rings (SSSR count). The minimum Gasteiger partial charge on any atom is -0.493 e. The summed E-state index contributed by atoms with van der Waals surface area (Å²) in [5, 5.41) is 3.47. The van der Waals surface area contributed by atoms with E-state index in [0.717, 1.165) is 12.2 Å². The van der Waals surface area contributed by atoms with E-state index < -0.39 is 0 Å². The molecule has 0 atom stereocenters. The Balaban J connectivity index is 2.92. The van der Waals surface area contributed by atoms with E-state index in [1.807, 2.05) is 6.07 Å². The van der Waals surface area contributed by atoms with Gasteiger partial charge in [0.15, 0.2) is 0 Å². The Bertz CT molecular complexity index is 443. The van der Waals surface area contributed by atoms with E-state index in [1.54, 1.807) is 0 Å². The Morgan fingerprint density at radius 2 is 2.06 bits per heavy atom. The Morgan fingerprint density at radius 1 is 1.33 bits per heavy atom. The number of rotatable bonds is 5. The molecule has 0 aliphatic heterocycles. The topological polar surface area (TPSA) is 58.0 Å². The second kappa shape index (κ2) is 6.31. The van der Waals surface area contributed by atoms with E-state index >= 15 is 0 Å². The average Bonchev–Trinajstić information content (AvgIpc) is 2.33. The van der Waals surface area contributed by atoms with Gasteiger partial charge in [0.05, 0.1) is 13.2 Å². The molecule has 0 heterocycles. The van der Waals surface area contributed by atoms with Crippen molar-refractivity contribution in [2.24, 2.45) is 5.11 Å². The molecular formula is C14H21N3O. The van der Waals surface area contributed by atoms with Gasteiger partial charge in [0, 0.05) is 4.91 Å². The molecule has 0 bridgehead atoms. The Hall–Kier alpha value is -1.67. The summed E-state index contributed by atoms with van der Waals surface area (Å²) in [4.78, 5) is 2.71. The minimum atomic E-state index is 0.0407. The van der Waals surface area contributed by atoms with Crippen molar-refractivity contribution >= 4 is 0 Å². The van der Waals surface area contributed by atoms with Gasteiger partial charge in [-0.25, -0.2) is 0 Å². The fourth-order valence-corrected chi connectivity index (χ4v) is 1.75. The summed E-state index contributed by atoms with van der Waals surface area (Å²) < 4.78 is 5.70. The van der Waals surface area contributed by atoms with E-state index in [2.05, 4.69) is 49.9 Å². The molecule has 18 heavy (non-hydrogen) atoms. The number of hydrogen-bond acceptors (Lipinski definition) is 2. The predicted molar refractivity (Wildman–Crippen MR) is 74.0 cm³/mol. The van der Waals surface area contributed by atoms with Crippen LogP contribution in [0.15, 0.2) is 23.3 Å². The fraction of sp³-hybridized carbons (Fsp3) is 0.571. The van der Waals surface area contributed by atoms with Crippen LogP contribution in [0.3, 0.4) is 0 Å². The average molecular weight is 247 g/mol. The molecule has 0 amide bonds.